The van der Waals surface area contributed by atoms with Crippen LogP contribution in [-0.4, -0.2) is 36.8 Å². The minimum absolute atomic E-state index is 0.0867. The number of halogens is 1. The molecule has 1 rings (SSSR count). The minimum Gasteiger partial charge on any atom is -0.392 e. The van der Waals surface area contributed by atoms with Gasteiger partial charge in [0.2, 0.25) is 0 Å². The number of hydrogen-bond donors (Lipinski definition) is 3. The molecule has 1 aromatic carbocycles. The Labute approximate surface area is 110 Å². The Morgan fingerprint density at radius 2 is 2.00 bits per heavy atom. The summed E-state index contributed by atoms with van der Waals surface area (Å²) in [6.07, 6.45) is -0.364. The fourth-order valence-electron chi connectivity index (χ4n) is 1.28. The van der Waals surface area contributed by atoms with Gasteiger partial charge >= 0.3 is 0 Å². The lowest BCUT2D eigenvalue weighted by Gasteiger charge is -2.08. The van der Waals surface area contributed by atoms with Crippen molar-refractivity contribution in [3.05, 3.63) is 34.3 Å². The van der Waals surface area contributed by atoms with Crippen LogP contribution in [0, 0.1) is 0 Å². The molecule has 3 N–H and O–H groups in total. The van der Waals surface area contributed by atoms with Crippen LogP contribution in [0.2, 0.25) is 0 Å². The largest absolute Gasteiger partial charge is 0.392 e. The van der Waals surface area contributed by atoms with Crippen LogP contribution in [-0.2, 0) is 0 Å². The van der Waals surface area contributed by atoms with E-state index in [1.807, 2.05) is 12.1 Å². The highest BCUT2D eigenvalue weighted by molar-refractivity contribution is 9.10. The minimum atomic E-state index is -0.364. The van der Waals surface area contributed by atoms with Gasteiger partial charge < -0.3 is 15.7 Å². The second-order valence-corrected chi connectivity index (χ2v) is 4.73. The van der Waals surface area contributed by atoms with Gasteiger partial charge in [-0.1, -0.05) is 15.9 Å². The van der Waals surface area contributed by atoms with E-state index in [1.165, 1.54) is 0 Å². The highest BCUT2D eigenvalue weighted by Crippen LogP contribution is 2.10. The van der Waals surface area contributed by atoms with E-state index in [4.69, 9.17) is 5.11 Å². The van der Waals surface area contributed by atoms with Crippen LogP contribution in [0.4, 0.5) is 0 Å². The third-order valence-electron chi connectivity index (χ3n) is 2.13. The molecule has 5 heteroatoms. The number of aliphatic hydroxyl groups is 1. The van der Waals surface area contributed by atoms with Gasteiger partial charge in [-0.3, -0.25) is 4.79 Å². The zero-order valence-electron chi connectivity index (χ0n) is 9.74. The highest BCUT2D eigenvalue weighted by atomic mass is 79.9. The average Bonchev–Trinajstić information content (AvgIpc) is 2.29. The van der Waals surface area contributed by atoms with Gasteiger partial charge in [-0.05, 0) is 31.2 Å². The molecule has 4 nitrogen and oxygen atoms in total. The van der Waals surface area contributed by atoms with Gasteiger partial charge in [0.1, 0.15) is 0 Å². The number of rotatable bonds is 6. The van der Waals surface area contributed by atoms with Crippen LogP contribution in [0.15, 0.2) is 28.7 Å². The molecule has 1 unspecified atom stereocenters. The Hall–Kier alpha value is -0.910. The highest BCUT2D eigenvalue weighted by Gasteiger charge is 2.03. The maximum Gasteiger partial charge on any atom is 0.251 e. The summed E-state index contributed by atoms with van der Waals surface area (Å²) in [5.41, 5.74) is 0.642. The van der Waals surface area contributed by atoms with E-state index < -0.39 is 0 Å². The smallest absolute Gasteiger partial charge is 0.251 e. The van der Waals surface area contributed by atoms with Crippen LogP contribution in [0.5, 0.6) is 0 Å². The number of amides is 1. The molecule has 0 aliphatic carbocycles. The fraction of sp³-hybridized carbons (Fsp3) is 0.417. The van der Waals surface area contributed by atoms with Gasteiger partial charge in [0.25, 0.3) is 5.91 Å². The summed E-state index contributed by atoms with van der Waals surface area (Å²) < 4.78 is 0.952. The lowest BCUT2D eigenvalue weighted by atomic mass is 10.2. The first-order chi connectivity index (χ1) is 8.09. The van der Waals surface area contributed by atoms with E-state index in [1.54, 1.807) is 19.1 Å². The maximum absolute atomic E-state index is 11.6. The molecule has 17 heavy (non-hydrogen) atoms. The number of carbonyl (C=O) groups is 1. The molecule has 0 heterocycles. The van der Waals surface area contributed by atoms with Gasteiger partial charge in [-0.25, -0.2) is 0 Å². The molecule has 1 aromatic rings. The first kappa shape index (κ1) is 14.2. The first-order valence-electron chi connectivity index (χ1n) is 5.52. The van der Waals surface area contributed by atoms with Crippen LogP contribution in [0.1, 0.15) is 17.3 Å². The van der Waals surface area contributed by atoms with Gasteiger partial charge in [0, 0.05) is 29.7 Å². The van der Waals surface area contributed by atoms with Crippen molar-refractivity contribution in [2.45, 2.75) is 13.0 Å². The molecule has 1 atom stereocenters. The van der Waals surface area contributed by atoms with E-state index >= 15 is 0 Å². The van der Waals surface area contributed by atoms with Crippen molar-refractivity contribution in [2.24, 2.45) is 0 Å². The quantitative estimate of drug-likeness (QED) is 0.691. The predicted molar refractivity (Wildman–Crippen MR) is 71.0 cm³/mol. The first-order valence-corrected chi connectivity index (χ1v) is 6.31. The number of carbonyl (C=O) groups excluding carboxylic acids is 1. The summed E-state index contributed by atoms with van der Waals surface area (Å²) in [5.74, 6) is -0.0867. The normalized spacial score (nSPS) is 12.2. The number of benzene rings is 1. The fourth-order valence-corrected chi connectivity index (χ4v) is 1.54. The van der Waals surface area contributed by atoms with Crippen LogP contribution < -0.4 is 10.6 Å². The Morgan fingerprint density at radius 1 is 1.35 bits per heavy atom. The van der Waals surface area contributed by atoms with Gasteiger partial charge in [0.15, 0.2) is 0 Å². The zero-order chi connectivity index (χ0) is 12.7. The molecule has 1 amide bonds. The van der Waals surface area contributed by atoms with Crippen molar-refractivity contribution < 1.29 is 9.90 Å². The summed E-state index contributed by atoms with van der Waals surface area (Å²) in [4.78, 5) is 11.6. The van der Waals surface area contributed by atoms with Crippen molar-refractivity contribution >= 4 is 21.8 Å². The summed E-state index contributed by atoms with van der Waals surface area (Å²) in [5, 5.41) is 14.8. The molecule has 0 spiro atoms. The lowest BCUT2D eigenvalue weighted by molar-refractivity contribution is 0.0953. The molecule has 0 radical (unpaired) electrons. The van der Waals surface area contributed by atoms with Crippen molar-refractivity contribution in [1.29, 1.82) is 0 Å². The zero-order valence-corrected chi connectivity index (χ0v) is 11.3. The number of nitrogens with one attached hydrogen (secondary N) is 2. The number of aliphatic hydroxyl groups excluding tert-OH is 1. The van der Waals surface area contributed by atoms with Crippen LogP contribution >= 0.6 is 15.9 Å². The molecule has 0 aliphatic rings. The summed E-state index contributed by atoms with van der Waals surface area (Å²) in [6, 6.07) is 7.20. The van der Waals surface area contributed by atoms with Crippen molar-refractivity contribution in [3.8, 4) is 0 Å². The Morgan fingerprint density at radius 3 is 2.59 bits per heavy atom. The van der Waals surface area contributed by atoms with Crippen molar-refractivity contribution in [2.75, 3.05) is 19.6 Å². The van der Waals surface area contributed by atoms with Crippen molar-refractivity contribution in [1.82, 2.24) is 10.6 Å². The topological polar surface area (TPSA) is 61.4 Å². The maximum atomic E-state index is 11.6. The lowest BCUT2D eigenvalue weighted by Crippen LogP contribution is -2.34. The van der Waals surface area contributed by atoms with E-state index in [9.17, 15) is 4.79 Å². The van der Waals surface area contributed by atoms with Crippen LogP contribution in [0.25, 0.3) is 0 Å². The molecule has 94 valence electrons. The van der Waals surface area contributed by atoms with Gasteiger partial charge in [0.05, 0.1) is 6.10 Å². The Bertz CT molecular complexity index is 352. The van der Waals surface area contributed by atoms with E-state index in [0.717, 1.165) is 4.47 Å². The van der Waals surface area contributed by atoms with Gasteiger partial charge in [-0.2, -0.15) is 0 Å². The second-order valence-electron chi connectivity index (χ2n) is 3.82. The predicted octanol–water partition coefficient (Wildman–Crippen LogP) is 1.15. The molecular formula is C12H17BrN2O2. The van der Waals surface area contributed by atoms with Crippen LogP contribution in [0.3, 0.4) is 0 Å². The summed E-state index contributed by atoms with van der Waals surface area (Å²) in [7, 11) is 0. The average molecular weight is 301 g/mol. The third kappa shape index (κ3) is 5.81. The Balaban J connectivity index is 2.23. The third-order valence-corrected chi connectivity index (χ3v) is 2.66. The van der Waals surface area contributed by atoms with E-state index in [2.05, 4.69) is 26.6 Å². The monoisotopic (exact) mass is 300 g/mol. The number of hydrogen-bond acceptors (Lipinski definition) is 3. The molecular weight excluding hydrogens is 284 g/mol. The molecule has 0 bridgehead atoms. The van der Waals surface area contributed by atoms with E-state index in [-0.39, 0.29) is 12.0 Å². The molecule has 0 saturated carbocycles. The van der Waals surface area contributed by atoms with Gasteiger partial charge in [-0.15, -0.1) is 0 Å². The molecule has 0 aliphatic heterocycles. The molecule has 0 aromatic heterocycles. The summed E-state index contributed by atoms with van der Waals surface area (Å²) in [6.45, 7) is 3.44. The second kappa shape index (κ2) is 7.42. The van der Waals surface area contributed by atoms with Crippen molar-refractivity contribution in [3.63, 3.8) is 0 Å². The SMILES string of the molecule is CC(O)CNCCNC(=O)c1ccc(Br)cc1. The molecule has 0 saturated heterocycles. The molecule has 0 fully saturated rings. The Kier molecular flexibility index (Phi) is 6.18. The summed E-state index contributed by atoms with van der Waals surface area (Å²) >= 11 is 3.32. The standard InChI is InChI=1S/C12H17BrN2O2/c1-9(16)8-14-6-7-15-12(17)10-2-4-11(13)5-3-10/h2-5,9,14,16H,6-8H2,1H3,(H,15,17). The van der Waals surface area contributed by atoms with E-state index in [0.29, 0.717) is 25.2 Å².